The molecule has 1 aliphatic rings. The normalized spacial score (nSPS) is 19.8. The zero-order valence-electron chi connectivity index (χ0n) is 15.5. The summed E-state index contributed by atoms with van der Waals surface area (Å²) in [6.45, 7) is 0.222. The van der Waals surface area contributed by atoms with Crippen LogP contribution in [-0.2, 0) is 19.6 Å². The third kappa shape index (κ3) is 7.05. The number of hydrogen-bond acceptors (Lipinski definition) is 5. The van der Waals surface area contributed by atoms with Gasteiger partial charge in [0.1, 0.15) is 0 Å². The quantitative estimate of drug-likeness (QED) is 0.457. The van der Waals surface area contributed by atoms with E-state index in [1.807, 2.05) is 0 Å². The maximum absolute atomic E-state index is 12.3. The number of carbonyl (C=O) groups is 2. The lowest BCUT2D eigenvalue weighted by Crippen LogP contribution is -2.41. The molecule has 0 radical (unpaired) electrons. The first-order chi connectivity index (χ1) is 13.3. The number of carbonyl (C=O) groups excluding carboxylic acids is 2. The van der Waals surface area contributed by atoms with E-state index in [9.17, 15) is 18.0 Å². The number of aliphatic hydroxyl groups excluding tert-OH is 1. The van der Waals surface area contributed by atoms with Gasteiger partial charge in [0.25, 0.3) is 0 Å². The van der Waals surface area contributed by atoms with Crippen molar-refractivity contribution in [2.75, 3.05) is 26.2 Å². The van der Waals surface area contributed by atoms with Crippen molar-refractivity contribution in [3.63, 3.8) is 0 Å². The van der Waals surface area contributed by atoms with Crippen LogP contribution in [0.5, 0.6) is 0 Å². The molecule has 0 saturated heterocycles. The van der Waals surface area contributed by atoms with Crippen molar-refractivity contribution < 1.29 is 23.1 Å². The highest BCUT2D eigenvalue weighted by molar-refractivity contribution is 7.89. The van der Waals surface area contributed by atoms with Crippen LogP contribution in [0.2, 0.25) is 5.02 Å². The van der Waals surface area contributed by atoms with E-state index in [0.29, 0.717) is 24.4 Å². The van der Waals surface area contributed by atoms with Crippen molar-refractivity contribution in [1.29, 1.82) is 0 Å². The van der Waals surface area contributed by atoms with E-state index in [2.05, 4.69) is 15.4 Å². The van der Waals surface area contributed by atoms with E-state index < -0.39 is 10.0 Å². The van der Waals surface area contributed by atoms with Crippen LogP contribution < -0.4 is 15.4 Å². The first-order valence-corrected chi connectivity index (χ1v) is 11.1. The molecule has 0 heterocycles. The molecule has 0 spiro atoms. The van der Waals surface area contributed by atoms with Gasteiger partial charge in [0.05, 0.1) is 18.0 Å². The standard InChI is InChI=1S/C18H26ClN3O5S/c19-15-5-7-16(8-6-15)28(26,27)22-11-13-1-3-14(4-2-13)18(25)21-12-17(24)20-9-10-23/h5-8,13-14,22-23H,1-4,9-12H2,(H,20,24)(H,21,25). The van der Waals surface area contributed by atoms with Crippen LogP contribution in [0.25, 0.3) is 0 Å². The first kappa shape index (κ1) is 22.6. The predicted molar refractivity (Wildman–Crippen MR) is 105 cm³/mol. The minimum absolute atomic E-state index is 0.111. The summed E-state index contributed by atoms with van der Waals surface area (Å²) in [5, 5.41) is 14.2. The van der Waals surface area contributed by atoms with Gasteiger partial charge in [0.2, 0.25) is 21.8 Å². The van der Waals surface area contributed by atoms with Crippen molar-refractivity contribution in [3.8, 4) is 0 Å². The molecule has 0 aromatic heterocycles. The average Bonchev–Trinajstić information content (AvgIpc) is 2.69. The number of hydrogen-bond donors (Lipinski definition) is 4. The van der Waals surface area contributed by atoms with E-state index in [1.54, 1.807) is 0 Å². The zero-order valence-corrected chi connectivity index (χ0v) is 17.1. The highest BCUT2D eigenvalue weighted by Gasteiger charge is 2.27. The molecule has 10 heteroatoms. The molecule has 0 aliphatic heterocycles. The van der Waals surface area contributed by atoms with Gasteiger partial charge in [-0.3, -0.25) is 9.59 Å². The molecule has 0 unspecified atom stereocenters. The van der Waals surface area contributed by atoms with Gasteiger partial charge < -0.3 is 15.7 Å². The minimum atomic E-state index is -3.58. The molecule has 1 fully saturated rings. The van der Waals surface area contributed by atoms with E-state index in [0.717, 1.165) is 12.8 Å². The molecule has 28 heavy (non-hydrogen) atoms. The van der Waals surface area contributed by atoms with E-state index in [1.165, 1.54) is 24.3 Å². The summed E-state index contributed by atoms with van der Waals surface area (Å²) in [5.41, 5.74) is 0. The fourth-order valence-corrected chi connectivity index (χ4v) is 4.37. The van der Waals surface area contributed by atoms with E-state index in [4.69, 9.17) is 16.7 Å². The van der Waals surface area contributed by atoms with Gasteiger partial charge >= 0.3 is 0 Å². The first-order valence-electron chi connectivity index (χ1n) is 9.22. The van der Waals surface area contributed by atoms with Crippen LogP contribution in [-0.4, -0.2) is 51.6 Å². The summed E-state index contributed by atoms with van der Waals surface area (Å²) in [6, 6.07) is 5.99. The van der Waals surface area contributed by atoms with Gasteiger partial charge in [-0.15, -0.1) is 0 Å². The van der Waals surface area contributed by atoms with Crippen LogP contribution in [0.1, 0.15) is 25.7 Å². The Morgan fingerprint density at radius 1 is 1.07 bits per heavy atom. The largest absolute Gasteiger partial charge is 0.395 e. The molecule has 1 aromatic carbocycles. The molecular weight excluding hydrogens is 406 g/mol. The predicted octanol–water partition coefficient (Wildman–Crippen LogP) is 0.649. The van der Waals surface area contributed by atoms with Crippen molar-refractivity contribution >= 4 is 33.4 Å². The lowest BCUT2D eigenvalue weighted by Gasteiger charge is -2.27. The Labute approximate surface area is 170 Å². The monoisotopic (exact) mass is 431 g/mol. The third-order valence-electron chi connectivity index (χ3n) is 4.76. The van der Waals surface area contributed by atoms with Crippen molar-refractivity contribution in [2.45, 2.75) is 30.6 Å². The minimum Gasteiger partial charge on any atom is -0.395 e. The Kier molecular flexibility index (Phi) is 8.68. The fourth-order valence-electron chi connectivity index (χ4n) is 3.12. The number of sulfonamides is 1. The number of rotatable bonds is 9. The summed E-state index contributed by atoms with van der Waals surface area (Å²) in [5.74, 6) is -0.513. The maximum atomic E-state index is 12.3. The molecule has 8 nitrogen and oxygen atoms in total. The molecule has 0 atom stereocenters. The lowest BCUT2D eigenvalue weighted by molar-refractivity contribution is -0.129. The summed E-state index contributed by atoms with van der Waals surface area (Å²) in [7, 11) is -3.58. The summed E-state index contributed by atoms with van der Waals surface area (Å²) in [6.07, 6.45) is 2.77. The molecule has 156 valence electrons. The van der Waals surface area contributed by atoms with Gasteiger partial charge in [-0.25, -0.2) is 13.1 Å². The molecule has 1 aromatic rings. The summed E-state index contributed by atoms with van der Waals surface area (Å²) < 4.78 is 27.2. The summed E-state index contributed by atoms with van der Waals surface area (Å²) >= 11 is 5.78. The smallest absolute Gasteiger partial charge is 0.240 e. The fraction of sp³-hybridized carbons (Fsp3) is 0.556. The van der Waals surface area contributed by atoms with Gasteiger partial charge in [0.15, 0.2) is 0 Å². The van der Waals surface area contributed by atoms with Crippen LogP contribution in [0.3, 0.4) is 0 Å². The molecule has 0 bridgehead atoms. The van der Waals surface area contributed by atoms with Crippen LogP contribution >= 0.6 is 11.6 Å². The van der Waals surface area contributed by atoms with E-state index >= 15 is 0 Å². The molecule has 1 saturated carbocycles. The number of amides is 2. The van der Waals surface area contributed by atoms with Crippen LogP contribution in [0.4, 0.5) is 0 Å². The number of benzene rings is 1. The van der Waals surface area contributed by atoms with Crippen LogP contribution in [0, 0.1) is 11.8 Å². The molecule has 2 rings (SSSR count). The SMILES string of the molecule is O=C(CNC(=O)C1CCC(CNS(=O)(=O)c2ccc(Cl)cc2)CC1)NCCO. The van der Waals surface area contributed by atoms with Crippen molar-refractivity contribution in [3.05, 3.63) is 29.3 Å². The highest BCUT2D eigenvalue weighted by atomic mass is 35.5. The number of aliphatic hydroxyl groups is 1. The van der Waals surface area contributed by atoms with Gasteiger partial charge in [-0.05, 0) is 55.9 Å². The molecule has 1 aliphatic carbocycles. The van der Waals surface area contributed by atoms with Crippen molar-refractivity contribution in [2.24, 2.45) is 11.8 Å². The Morgan fingerprint density at radius 2 is 1.71 bits per heavy atom. The lowest BCUT2D eigenvalue weighted by atomic mass is 9.81. The van der Waals surface area contributed by atoms with Gasteiger partial charge in [0, 0.05) is 24.0 Å². The average molecular weight is 432 g/mol. The van der Waals surface area contributed by atoms with E-state index in [-0.39, 0.29) is 48.2 Å². The zero-order chi connectivity index (χ0) is 20.6. The Hall–Kier alpha value is -1.68. The summed E-state index contributed by atoms with van der Waals surface area (Å²) in [4.78, 5) is 23.8. The number of halogens is 1. The second kappa shape index (κ2) is 10.8. The topological polar surface area (TPSA) is 125 Å². The number of nitrogens with one attached hydrogen (secondary N) is 3. The molecule has 2 amide bonds. The highest BCUT2D eigenvalue weighted by Crippen LogP contribution is 2.28. The van der Waals surface area contributed by atoms with Crippen LogP contribution in [0.15, 0.2) is 29.2 Å². The third-order valence-corrected chi connectivity index (χ3v) is 6.45. The Bertz CT molecular complexity index is 762. The van der Waals surface area contributed by atoms with Gasteiger partial charge in [-0.1, -0.05) is 11.6 Å². The second-order valence-electron chi connectivity index (χ2n) is 6.81. The molecular formula is C18H26ClN3O5S. The molecule has 4 N–H and O–H groups in total. The van der Waals surface area contributed by atoms with Gasteiger partial charge in [-0.2, -0.15) is 0 Å². The van der Waals surface area contributed by atoms with Crippen molar-refractivity contribution in [1.82, 2.24) is 15.4 Å². The Balaban J connectivity index is 1.72. The second-order valence-corrected chi connectivity index (χ2v) is 9.02. The Morgan fingerprint density at radius 3 is 2.32 bits per heavy atom. The maximum Gasteiger partial charge on any atom is 0.240 e.